The SMILES string of the molecule is CCCCCC(O)/C=C/C#N. The van der Waals surface area contributed by atoms with Crippen molar-refractivity contribution >= 4 is 0 Å². The second kappa shape index (κ2) is 7.30. The van der Waals surface area contributed by atoms with E-state index in [0.717, 1.165) is 25.7 Å². The third-order valence-electron chi connectivity index (χ3n) is 1.50. The highest BCUT2D eigenvalue weighted by molar-refractivity contribution is 5.04. The molecule has 0 aliphatic carbocycles. The molecule has 0 aliphatic heterocycles. The average Bonchev–Trinajstić information content (AvgIpc) is 2.01. The minimum Gasteiger partial charge on any atom is -0.389 e. The lowest BCUT2D eigenvalue weighted by atomic mass is 10.1. The number of hydrogen-bond acceptors (Lipinski definition) is 2. The van der Waals surface area contributed by atoms with Crippen molar-refractivity contribution in [3.63, 3.8) is 0 Å². The number of rotatable bonds is 5. The van der Waals surface area contributed by atoms with Gasteiger partial charge in [-0.3, -0.25) is 0 Å². The molecule has 11 heavy (non-hydrogen) atoms. The van der Waals surface area contributed by atoms with Crippen molar-refractivity contribution in [3.05, 3.63) is 12.2 Å². The predicted octanol–water partition coefficient (Wildman–Crippen LogP) is 2.01. The maximum Gasteiger partial charge on any atom is 0.0909 e. The first-order valence-corrected chi connectivity index (χ1v) is 4.05. The van der Waals surface area contributed by atoms with E-state index in [4.69, 9.17) is 10.4 Å². The Labute approximate surface area is 68.2 Å². The van der Waals surface area contributed by atoms with Gasteiger partial charge in [0.2, 0.25) is 0 Å². The summed E-state index contributed by atoms with van der Waals surface area (Å²) < 4.78 is 0. The first-order valence-electron chi connectivity index (χ1n) is 4.05. The van der Waals surface area contributed by atoms with Crippen LogP contribution in [0.4, 0.5) is 0 Å². The largest absolute Gasteiger partial charge is 0.389 e. The number of aliphatic hydroxyl groups excluding tert-OH is 1. The Hall–Kier alpha value is -0.810. The monoisotopic (exact) mass is 153 g/mol. The molecule has 0 rings (SSSR count). The van der Waals surface area contributed by atoms with Gasteiger partial charge in [-0.15, -0.1) is 0 Å². The Morgan fingerprint density at radius 1 is 1.55 bits per heavy atom. The molecule has 1 unspecified atom stereocenters. The minimum absolute atomic E-state index is 0.429. The molecule has 0 spiro atoms. The molecule has 0 radical (unpaired) electrons. The Morgan fingerprint density at radius 3 is 2.82 bits per heavy atom. The highest BCUT2D eigenvalue weighted by atomic mass is 16.3. The summed E-state index contributed by atoms with van der Waals surface area (Å²) >= 11 is 0. The summed E-state index contributed by atoms with van der Waals surface area (Å²) in [6, 6.07) is 1.85. The van der Waals surface area contributed by atoms with Crippen LogP contribution in [0.3, 0.4) is 0 Å². The summed E-state index contributed by atoms with van der Waals surface area (Å²) in [6.45, 7) is 2.12. The fourth-order valence-electron chi connectivity index (χ4n) is 0.854. The number of hydrogen-bond donors (Lipinski definition) is 1. The lowest BCUT2D eigenvalue weighted by Crippen LogP contribution is -2.00. The van der Waals surface area contributed by atoms with Crippen molar-refractivity contribution in [1.82, 2.24) is 0 Å². The van der Waals surface area contributed by atoms with Crippen LogP contribution in [-0.2, 0) is 0 Å². The van der Waals surface area contributed by atoms with Gasteiger partial charge in [0.25, 0.3) is 0 Å². The molecule has 0 heterocycles. The molecule has 1 N–H and O–H groups in total. The number of nitrogens with zero attached hydrogens (tertiary/aromatic N) is 1. The lowest BCUT2D eigenvalue weighted by Gasteiger charge is -2.02. The fourth-order valence-corrected chi connectivity index (χ4v) is 0.854. The van der Waals surface area contributed by atoms with Crippen LogP contribution in [0.15, 0.2) is 12.2 Å². The molecule has 2 heteroatoms. The zero-order valence-electron chi connectivity index (χ0n) is 6.95. The molecule has 0 bridgehead atoms. The molecule has 0 fully saturated rings. The number of nitriles is 1. The second-order valence-electron chi connectivity index (χ2n) is 2.55. The van der Waals surface area contributed by atoms with Crippen LogP contribution < -0.4 is 0 Å². The minimum atomic E-state index is -0.429. The van der Waals surface area contributed by atoms with Crippen molar-refractivity contribution in [2.24, 2.45) is 0 Å². The zero-order valence-corrected chi connectivity index (χ0v) is 6.95. The van der Waals surface area contributed by atoms with Crippen LogP contribution in [-0.4, -0.2) is 11.2 Å². The molecular formula is C9H15NO. The van der Waals surface area contributed by atoms with Crippen LogP contribution in [0.1, 0.15) is 32.6 Å². The van der Waals surface area contributed by atoms with Gasteiger partial charge in [-0.25, -0.2) is 0 Å². The molecule has 2 nitrogen and oxygen atoms in total. The van der Waals surface area contributed by atoms with E-state index in [1.807, 2.05) is 6.07 Å². The third kappa shape index (κ3) is 7.08. The fraction of sp³-hybridized carbons (Fsp3) is 0.667. The first-order chi connectivity index (χ1) is 5.31. The molecule has 0 amide bonds. The van der Waals surface area contributed by atoms with E-state index in [2.05, 4.69) is 6.92 Å². The smallest absolute Gasteiger partial charge is 0.0909 e. The van der Waals surface area contributed by atoms with Crippen molar-refractivity contribution in [2.45, 2.75) is 38.7 Å². The van der Waals surface area contributed by atoms with E-state index < -0.39 is 6.10 Å². The quantitative estimate of drug-likeness (QED) is 0.485. The summed E-state index contributed by atoms with van der Waals surface area (Å²) in [7, 11) is 0. The molecule has 0 aromatic carbocycles. The normalized spacial score (nSPS) is 13.2. The van der Waals surface area contributed by atoms with Crippen LogP contribution in [0.2, 0.25) is 0 Å². The van der Waals surface area contributed by atoms with E-state index in [-0.39, 0.29) is 0 Å². The van der Waals surface area contributed by atoms with Gasteiger partial charge in [0.15, 0.2) is 0 Å². The van der Waals surface area contributed by atoms with Crippen LogP contribution in [0, 0.1) is 11.3 Å². The second-order valence-corrected chi connectivity index (χ2v) is 2.55. The molecule has 0 aromatic heterocycles. The zero-order chi connectivity index (χ0) is 8.53. The topological polar surface area (TPSA) is 44.0 Å². The first kappa shape index (κ1) is 10.2. The van der Waals surface area contributed by atoms with Gasteiger partial charge in [0.1, 0.15) is 0 Å². The Kier molecular flexibility index (Phi) is 6.76. The van der Waals surface area contributed by atoms with Crippen LogP contribution >= 0.6 is 0 Å². The van der Waals surface area contributed by atoms with Gasteiger partial charge >= 0.3 is 0 Å². The maximum atomic E-state index is 9.17. The molecule has 0 aliphatic rings. The van der Waals surface area contributed by atoms with Crippen LogP contribution in [0.25, 0.3) is 0 Å². The maximum absolute atomic E-state index is 9.17. The molecule has 62 valence electrons. The average molecular weight is 153 g/mol. The Bertz CT molecular complexity index is 146. The Morgan fingerprint density at radius 2 is 2.27 bits per heavy atom. The van der Waals surface area contributed by atoms with E-state index in [1.165, 1.54) is 12.2 Å². The highest BCUT2D eigenvalue weighted by Gasteiger charge is 1.96. The van der Waals surface area contributed by atoms with Gasteiger partial charge in [0, 0.05) is 6.08 Å². The van der Waals surface area contributed by atoms with Crippen LogP contribution in [0.5, 0.6) is 0 Å². The molecule has 0 saturated carbocycles. The van der Waals surface area contributed by atoms with Gasteiger partial charge in [0.05, 0.1) is 12.2 Å². The summed E-state index contributed by atoms with van der Waals surface area (Å²) in [5.74, 6) is 0. The van der Waals surface area contributed by atoms with E-state index in [1.54, 1.807) is 0 Å². The lowest BCUT2D eigenvalue weighted by molar-refractivity contribution is 0.208. The van der Waals surface area contributed by atoms with Gasteiger partial charge in [-0.2, -0.15) is 5.26 Å². The number of unbranched alkanes of at least 4 members (excludes halogenated alkanes) is 2. The standard InChI is InChI=1S/C9H15NO/c1-2-3-4-6-9(11)7-5-8-10/h5,7,9,11H,2-4,6H2,1H3/b7-5+. The summed E-state index contributed by atoms with van der Waals surface area (Å²) in [5, 5.41) is 17.3. The number of aliphatic hydroxyl groups is 1. The number of allylic oxidation sites excluding steroid dienone is 1. The Balaban J connectivity index is 3.31. The summed E-state index contributed by atoms with van der Waals surface area (Å²) in [6.07, 6.45) is 6.55. The van der Waals surface area contributed by atoms with Crippen molar-refractivity contribution in [2.75, 3.05) is 0 Å². The van der Waals surface area contributed by atoms with Gasteiger partial charge in [-0.05, 0) is 12.5 Å². The third-order valence-corrected chi connectivity index (χ3v) is 1.50. The van der Waals surface area contributed by atoms with Crippen molar-refractivity contribution in [3.8, 4) is 6.07 Å². The molecule has 1 atom stereocenters. The van der Waals surface area contributed by atoms with Gasteiger partial charge in [-0.1, -0.05) is 26.2 Å². The van der Waals surface area contributed by atoms with E-state index in [0.29, 0.717) is 0 Å². The summed E-state index contributed by atoms with van der Waals surface area (Å²) in [4.78, 5) is 0. The molecule has 0 saturated heterocycles. The predicted molar refractivity (Wildman–Crippen MR) is 44.9 cm³/mol. The summed E-state index contributed by atoms with van der Waals surface area (Å²) in [5.41, 5.74) is 0. The highest BCUT2D eigenvalue weighted by Crippen LogP contribution is 2.03. The van der Waals surface area contributed by atoms with Crippen molar-refractivity contribution in [1.29, 1.82) is 5.26 Å². The molecular weight excluding hydrogens is 138 g/mol. The molecule has 0 aromatic rings. The van der Waals surface area contributed by atoms with E-state index in [9.17, 15) is 0 Å². The van der Waals surface area contributed by atoms with Crippen molar-refractivity contribution < 1.29 is 5.11 Å². The van der Waals surface area contributed by atoms with E-state index >= 15 is 0 Å². The van der Waals surface area contributed by atoms with Gasteiger partial charge < -0.3 is 5.11 Å².